The van der Waals surface area contributed by atoms with Gasteiger partial charge in [0.15, 0.2) is 6.20 Å². The largest absolute Gasteiger partial charge is 0.665 e. The third kappa shape index (κ3) is 4.83. The normalized spacial score (nSPS) is 18.4. The molecule has 2 aromatic rings. The Hall–Kier alpha value is -2.39. The summed E-state index contributed by atoms with van der Waals surface area (Å²) >= 11 is 0. The number of aromatic nitrogens is 1. The lowest BCUT2D eigenvalue weighted by Gasteiger charge is -2.28. The van der Waals surface area contributed by atoms with E-state index in [0.29, 0.717) is 0 Å². The van der Waals surface area contributed by atoms with Crippen molar-refractivity contribution >= 4 is 18.8 Å². The number of pyridine rings is 1. The van der Waals surface area contributed by atoms with Gasteiger partial charge in [0.2, 0.25) is 5.35 Å². The zero-order valence-corrected chi connectivity index (χ0v) is 21.8. The summed E-state index contributed by atoms with van der Waals surface area (Å²) in [7, 11) is -1.45. The maximum atomic E-state index is 4.53. The molecule has 0 bridgehead atoms. The maximum absolute atomic E-state index is 4.53. The Bertz CT molecular complexity index is 1280. The van der Waals surface area contributed by atoms with Crippen LogP contribution >= 0.6 is 0 Å². The fourth-order valence-corrected chi connectivity index (χ4v) is 7.05. The summed E-state index contributed by atoms with van der Waals surface area (Å²) in [6.07, 6.45) is 13.5. The molecule has 0 amide bonds. The number of hydrogen-bond acceptors (Lipinski definition) is 0. The van der Waals surface area contributed by atoms with E-state index in [1.165, 1.54) is 59.0 Å². The first-order chi connectivity index (χ1) is 15.1. The summed E-state index contributed by atoms with van der Waals surface area (Å²) in [6.45, 7) is 18.1. The van der Waals surface area contributed by atoms with E-state index in [2.05, 4.69) is 99.3 Å². The summed E-state index contributed by atoms with van der Waals surface area (Å²) < 4.78 is 2.12. The lowest BCUT2D eigenvalue weighted by molar-refractivity contribution is -0.509. The van der Waals surface area contributed by atoms with E-state index in [-0.39, 0.29) is 0 Å². The zero-order chi connectivity index (χ0) is 23.0. The number of rotatable bonds is 3. The van der Waals surface area contributed by atoms with Crippen LogP contribution in [0.1, 0.15) is 50.7 Å². The summed E-state index contributed by atoms with van der Waals surface area (Å²) in [5.41, 5.74) is 6.23. The molecule has 1 aromatic carbocycles. The van der Waals surface area contributed by atoms with E-state index < -0.39 is 8.07 Å². The number of hydrogen-bond donors (Lipinski definition) is 0. The standard InChI is InChI=1S/C29H38N2Si/c1-20-14-24(25-15-21(2)30-22(3)16-25)12-13-27(20)28-18-26(17-23-10-8-9-11-23)29(19-31(28)4)32(5,6)7/h12-16,18-19,23H,4,8-11,17H2,1-3,5-7H3. The van der Waals surface area contributed by atoms with Crippen LogP contribution in [0, 0.1) is 30.1 Å². The number of benzene rings is 1. The molecular formula is C29H38N2Si. The van der Waals surface area contributed by atoms with Crippen molar-refractivity contribution in [1.29, 1.82) is 0 Å². The summed E-state index contributed by atoms with van der Waals surface area (Å²) in [5, 5.41) is 9.86. The predicted molar refractivity (Wildman–Crippen MR) is 139 cm³/mol. The van der Waals surface area contributed by atoms with Crippen LogP contribution in [0.4, 0.5) is 0 Å². The number of nitrogens with zero attached hydrogens (tertiary/aromatic N) is 2. The quantitative estimate of drug-likeness (QED) is 0.421. The third-order valence-electron chi connectivity index (χ3n) is 6.96. The first kappa shape index (κ1) is 22.8. The second-order valence-corrected chi connectivity index (χ2v) is 15.9. The molecule has 0 unspecified atom stereocenters. The Morgan fingerprint density at radius 3 is 2.25 bits per heavy atom. The average molecular weight is 443 g/mol. The molecule has 1 aliphatic heterocycles. The van der Waals surface area contributed by atoms with Gasteiger partial charge < -0.3 is 5.32 Å². The van der Waals surface area contributed by atoms with Crippen molar-refractivity contribution in [2.75, 3.05) is 0 Å². The van der Waals surface area contributed by atoms with Crippen LogP contribution in [0.3, 0.4) is 0 Å². The fourth-order valence-electron chi connectivity index (χ4n) is 5.37. The van der Waals surface area contributed by atoms with Gasteiger partial charge in [-0.15, -0.1) is 0 Å². The smallest absolute Gasteiger partial charge is 0.217 e. The Morgan fingerprint density at radius 2 is 1.66 bits per heavy atom. The van der Waals surface area contributed by atoms with Crippen LogP contribution in [0.25, 0.3) is 10.9 Å². The van der Waals surface area contributed by atoms with Gasteiger partial charge in [-0.2, -0.15) is 15.6 Å². The SMILES string of the molecule is C=[n+]1cc([Si](C)(C)C)c(CC2CCCC2)cc1=c1ccc(=C2C=C(C)[N-]C(C)=C2)cc1C. The fraction of sp³-hybridized carbons (Fsp3) is 0.414. The molecule has 2 nitrogen and oxygen atoms in total. The van der Waals surface area contributed by atoms with Crippen LogP contribution < -0.4 is 14.6 Å². The molecule has 0 atom stereocenters. The van der Waals surface area contributed by atoms with Crippen LogP contribution in [0.2, 0.25) is 19.6 Å². The molecule has 0 radical (unpaired) electrons. The summed E-state index contributed by atoms with van der Waals surface area (Å²) in [5.74, 6) is 0.847. The van der Waals surface area contributed by atoms with E-state index in [1.54, 1.807) is 10.8 Å². The highest BCUT2D eigenvalue weighted by atomic mass is 28.3. The van der Waals surface area contributed by atoms with E-state index >= 15 is 0 Å². The number of allylic oxidation sites excluding steroid dienone is 4. The Morgan fingerprint density at radius 1 is 1.00 bits per heavy atom. The van der Waals surface area contributed by atoms with Crippen LogP contribution in [-0.4, -0.2) is 8.07 Å². The first-order valence-electron chi connectivity index (χ1n) is 12.1. The van der Waals surface area contributed by atoms with Gasteiger partial charge in [-0.05, 0) is 47.2 Å². The molecule has 2 aliphatic rings. The summed E-state index contributed by atoms with van der Waals surface area (Å²) in [6, 6.07) is 9.30. The third-order valence-corrected chi connectivity index (χ3v) is 9.03. The van der Waals surface area contributed by atoms with E-state index in [1.807, 2.05) is 0 Å². The van der Waals surface area contributed by atoms with Crippen LogP contribution in [-0.2, 0) is 6.42 Å². The number of aryl methyl sites for hydroxylation is 1. The monoisotopic (exact) mass is 442 g/mol. The Balaban J connectivity index is 1.93. The minimum absolute atomic E-state index is 0.847. The molecule has 1 saturated carbocycles. The predicted octanol–water partition coefficient (Wildman–Crippen LogP) is 5.83. The van der Waals surface area contributed by atoms with Crippen molar-refractivity contribution in [3.05, 3.63) is 93.0 Å². The molecule has 0 N–H and O–H groups in total. The Kier molecular flexibility index (Phi) is 6.31. The second-order valence-electron chi connectivity index (χ2n) is 10.8. The molecule has 2 heterocycles. The highest BCUT2D eigenvalue weighted by Crippen LogP contribution is 2.28. The molecule has 32 heavy (non-hydrogen) atoms. The van der Waals surface area contributed by atoms with Crippen molar-refractivity contribution in [1.82, 2.24) is 0 Å². The van der Waals surface area contributed by atoms with Crippen molar-refractivity contribution < 1.29 is 4.24 Å². The zero-order valence-electron chi connectivity index (χ0n) is 20.8. The molecular weight excluding hydrogens is 404 g/mol. The molecule has 0 spiro atoms. The van der Waals surface area contributed by atoms with Gasteiger partial charge in [0, 0.05) is 16.5 Å². The highest BCUT2D eigenvalue weighted by molar-refractivity contribution is 6.88. The lowest BCUT2D eigenvalue weighted by Crippen LogP contribution is -2.44. The van der Waals surface area contributed by atoms with Gasteiger partial charge >= 0.3 is 0 Å². The van der Waals surface area contributed by atoms with E-state index in [4.69, 9.17) is 0 Å². The molecule has 1 fully saturated rings. The van der Waals surface area contributed by atoms with Crippen molar-refractivity contribution in [2.45, 2.75) is 72.5 Å². The maximum Gasteiger partial charge on any atom is 0.217 e. The second kappa shape index (κ2) is 8.86. The summed E-state index contributed by atoms with van der Waals surface area (Å²) in [4.78, 5) is 0. The molecule has 3 heteroatoms. The van der Waals surface area contributed by atoms with Gasteiger partial charge in [0.1, 0.15) is 6.72 Å². The molecule has 168 valence electrons. The van der Waals surface area contributed by atoms with Crippen molar-refractivity contribution in [3.8, 4) is 0 Å². The first-order valence-corrected chi connectivity index (χ1v) is 15.6. The van der Waals surface area contributed by atoms with Gasteiger partial charge in [-0.25, -0.2) is 0 Å². The highest BCUT2D eigenvalue weighted by Gasteiger charge is 2.26. The minimum atomic E-state index is -1.45. The molecule has 1 aromatic heterocycles. The van der Waals surface area contributed by atoms with Gasteiger partial charge in [-0.3, -0.25) is 0 Å². The lowest BCUT2D eigenvalue weighted by atomic mass is 9.98. The van der Waals surface area contributed by atoms with Crippen LogP contribution in [0.5, 0.6) is 0 Å². The minimum Gasteiger partial charge on any atom is -0.665 e. The van der Waals surface area contributed by atoms with Crippen molar-refractivity contribution in [3.63, 3.8) is 0 Å². The van der Waals surface area contributed by atoms with E-state index in [9.17, 15) is 0 Å². The average Bonchev–Trinajstić information content (AvgIpc) is 3.21. The molecule has 4 rings (SSSR count). The van der Waals surface area contributed by atoms with E-state index in [0.717, 1.165) is 17.3 Å². The topological polar surface area (TPSA) is 20.0 Å². The van der Waals surface area contributed by atoms with Gasteiger partial charge in [0.25, 0.3) is 0 Å². The molecule has 0 saturated heterocycles. The molecule has 1 aliphatic carbocycles. The van der Waals surface area contributed by atoms with Crippen LogP contribution in [0.15, 0.2) is 54.0 Å². The van der Waals surface area contributed by atoms with Gasteiger partial charge in [0.05, 0.1) is 8.07 Å². The Labute approximate surface area is 194 Å². The van der Waals surface area contributed by atoms with Gasteiger partial charge in [-0.1, -0.05) is 83.5 Å². The van der Waals surface area contributed by atoms with Crippen molar-refractivity contribution in [2.24, 2.45) is 5.92 Å².